The summed E-state index contributed by atoms with van der Waals surface area (Å²) in [5, 5.41) is 0. The molecule has 0 aliphatic heterocycles. The first-order valence-corrected chi connectivity index (χ1v) is 17.1. The van der Waals surface area contributed by atoms with Gasteiger partial charge in [0.05, 0.1) is 47.5 Å². The van der Waals surface area contributed by atoms with Crippen LogP contribution in [0.25, 0.3) is 0 Å². The molecular weight excluding hydrogens is 525 g/mol. The van der Waals surface area contributed by atoms with Crippen LogP contribution in [0, 0.1) is 5.92 Å². The van der Waals surface area contributed by atoms with Gasteiger partial charge in [0.2, 0.25) is 0 Å². The molecule has 2 atom stereocenters. The highest BCUT2D eigenvalue weighted by atomic mass is 31.2. The van der Waals surface area contributed by atoms with Crippen molar-refractivity contribution in [2.75, 3.05) is 47.5 Å². The van der Waals surface area contributed by atoms with Crippen LogP contribution >= 0.6 is 7.82 Å². The van der Waals surface area contributed by atoms with E-state index in [1.54, 1.807) is 0 Å². The van der Waals surface area contributed by atoms with Crippen molar-refractivity contribution < 1.29 is 32.5 Å². The highest BCUT2D eigenvalue weighted by Gasteiger charge is 2.19. The normalized spacial score (nSPS) is 14.2. The second-order valence-electron chi connectivity index (χ2n) is 12.2. The van der Waals surface area contributed by atoms with E-state index in [-0.39, 0.29) is 31.3 Å². The van der Waals surface area contributed by atoms with E-state index in [1.165, 1.54) is 57.8 Å². The zero-order chi connectivity index (χ0) is 29.7. The number of unbranched alkanes of at least 4 members (excludes halogenated alkanes) is 9. The molecule has 1 aromatic carbocycles. The number of Topliss-reactive ketones (excluding diaryl/α,β-unsaturated/α-hetero) is 1. The molecule has 2 unspecified atom stereocenters. The van der Waals surface area contributed by atoms with Crippen LogP contribution in [-0.4, -0.2) is 57.8 Å². The van der Waals surface area contributed by atoms with Gasteiger partial charge in [0, 0.05) is 19.3 Å². The van der Waals surface area contributed by atoms with Crippen molar-refractivity contribution in [2.45, 2.75) is 110 Å². The van der Waals surface area contributed by atoms with E-state index in [4.69, 9.17) is 13.8 Å². The Balaban J connectivity index is 2.43. The lowest BCUT2D eigenvalue weighted by Gasteiger charge is -2.27. The minimum absolute atomic E-state index is 0.0669. The minimum Gasteiger partial charge on any atom is -0.756 e. The fourth-order valence-corrected chi connectivity index (χ4v) is 5.50. The number of benzene rings is 1. The van der Waals surface area contributed by atoms with Crippen molar-refractivity contribution in [3.8, 4) is 5.75 Å². The average molecular weight is 584 g/mol. The standard InChI is InChI=1S/C32H58NO6P/c1-6-8-9-10-11-12-13-14-15-16-24-37-32-21-19-29(20-22-32)26-30(27-31(34)18-7-2)28-39-40(35,36)38-25-17-23-33(3,4)5/h19-22,30H,6-18,23-28H2,1-5H3. The third kappa shape index (κ3) is 20.6. The van der Waals surface area contributed by atoms with E-state index < -0.39 is 7.82 Å². The molecule has 1 rings (SSSR count). The first kappa shape index (κ1) is 36.8. The summed E-state index contributed by atoms with van der Waals surface area (Å²) in [6, 6.07) is 7.88. The van der Waals surface area contributed by atoms with Gasteiger partial charge in [0.25, 0.3) is 7.82 Å². The van der Waals surface area contributed by atoms with Crippen molar-refractivity contribution in [1.82, 2.24) is 0 Å². The molecule has 7 nitrogen and oxygen atoms in total. The average Bonchev–Trinajstić information content (AvgIpc) is 2.89. The van der Waals surface area contributed by atoms with Gasteiger partial charge in [-0.3, -0.25) is 9.36 Å². The summed E-state index contributed by atoms with van der Waals surface area (Å²) in [6.45, 7) is 5.76. The molecular formula is C32H58NO6P. The van der Waals surface area contributed by atoms with Crippen molar-refractivity contribution >= 4 is 13.6 Å². The highest BCUT2D eigenvalue weighted by molar-refractivity contribution is 7.45. The zero-order valence-corrected chi connectivity index (χ0v) is 27.1. The number of carbonyl (C=O) groups is 1. The second-order valence-corrected chi connectivity index (χ2v) is 13.6. The van der Waals surface area contributed by atoms with E-state index in [1.807, 2.05) is 52.3 Å². The molecule has 0 fully saturated rings. The van der Waals surface area contributed by atoms with Crippen LogP contribution < -0.4 is 9.63 Å². The van der Waals surface area contributed by atoms with E-state index >= 15 is 0 Å². The molecule has 0 spiro atoms. The van der Waals surface area contributed by atoms with Gasteiger partial charge in [0.15, 0.2) is 0 Å². The first-order valence-electron chi connectivity index (χ1n) is 15.7. The summed E-state index contributed by atoms with van der Waals surface area (Å²) < 4.78 is 29.2. The number of carbonyl (C=O) groups excluding carboxylic acids is 1. The number of hydrogen-bond donors (Lipinski definition) is 0. The van der Waals surface area contributed by atoms with Crippen LogP contribution in [-0.2, 0) is 24.8 Å². The Labute approximate surface area is 245 Å². The molecule has 232 valence electrons. The van der Waals surface area contributed by atoms with Crippen molar-refractivity contribution in [1.29, 1.82) is 0 Å². The molecule has 0 amide bonds. The number of nitrogens with zero attached hydrogens (tertiary/aromatic N) is 1. The summed E-state index contributed by atoms with van der Waals surface area (Å²) in [5.74, 6) is 0.715. The van der Waals surface area contributed by atoms with Gasteiger partial charge < -0.3 is 23.2 Å². The van der Waals surface area contributed by atoms with Crippen LogP contribution in [0.1, 0.15) is 109 Å². The number of ether oxygens (including phenoxy) is 1. The van der Waals surface area contributed by atoms with Crippen LogP contribution in [0.2, 0.25) is 0 Å². The summed E-state index contributed by atoms with van der Waals surface area (Å²) in [4.78, 5) is 24.6. The summed E-state index contributed by atoms with van der Waals surface area (Å²) in [6.07, 6.45) is 15.7. The lowest BCUT2D eigenvalue weighted by atomic mass is 9.94. The molecule has 0 N–H and O–H groups in total. The second kappa shape index (κ2) is 21.5. The van der Waals surface area contributed by atoms with Crippen molar-refractivity contribution in [3.05, 3.63) is 29.8 Å². The Bertz CT molecular complexity index is 824. The predicted molar refractivity (Wildman–Crippen MR) is 163 cm³/mol. The van der Waals surface area contributed by atoms with Gasteiger partial charge in [-0.2, -0.15) is 0 Å². The van der Waals surface area contributed by atoms with E-state index in [2.05, 4.69) is 6.92 Å². The molecule has 0 heterocycles. The van der Waals surface area contributed by atoms with E-state index in [0.29, 0.717) is 25.9 Å². The molecule has 1 aromatic rings. The van der Waals surface area contributed by atoms with Crippen LogP contribution in [0.5, 0.6) is 5.75 Å². The number of quaternary nitrogens is 1. The number of phosphoric acid groups is 1. The maximum absolute atomic E-state index is 12.4. The lowest BCUT2D eigenvalue weighted by Crippen LogP contribution is -2.35. The Morgan fingerprint density at radius 2 is 1.43 bits per heavy atom. The molecule has 0 radical (unpaired) electrons. The molecule has 0 bridgehead atoms. The summed E-state index contributed by atoms with van der Waals surface area (Å²) >= 11 is 0. The fourth-order valence-electron chi connectivity index (χ4n) is 4.68. The summed E-state index contributed by atoms with van der Waals surface area (Å²) in [5.41, 5.74) is 1.02. The largest absolute Gasteiger partial charge is 0.756 e. The monoisotopic (exact) mass is 583 g/mol. The molecule has 8 heteroatoms. The highest BCUT2D eigenvalue weighted by Crippen LogP contribution is 2.39. The number of ketones is 1. The molecule has 0 aliphatic carbocycles. The van der Waals surface area contributed by atoms with Crippen LogP contribution in [0.3, 0.4) is 0 Å². The van der Waals surface area contributed by atoms with Gasteiger partial charge in [-0.1, -0.05) is 83.8 Å². The predicted octanol–water partition coefficient (Wildman–Crippen LogP) is 7.50. The number of hydrogen-bond acceptors (Lipinski definition) is 6. The van der Waals surface area contributed by atoms with Crippen molar-refractivity contribution in [2.24, 2.45) is 5.92 Å². The number of phosphoric ester groups is 1. The Hall–Kier alpha value is -1.24. The smallest absolute Gasteiger partial charge is 0.267 e. The van der Waals surface area contributed by atoms with E-state index in [0.717, 1.165) is 35.2 Å². The zero-order valence-electron chi connectivity index (χ0n) is 26.2. The van der Waals surface area contributed by atoms with Gasteiger partial charge in [0.1, 0.15) is 11.5 Å². The summed E-state index contributed by atoms with van der Waals surface area (Å²) in [7, 11) is 1.71. The maximum Gasteiger partial charge on any atom is 0.267 e. The molecule has 0 saturated carbocycles. The molecule has 40 heavy (non-hydrogen) atoms. The quantitative estimate of drug-likeness (QED) is 0.0638. The third-order valence-electron chi connectivity index (χ3n) is 6.95. The molecule has 0 aromatic heterocycles. The molecule has 0 aliphatic rings. The van der Waals surface area contributed by atoms with Gasteiger partial charge in [-0.05, 0) is 42.9 Å². The Kier molecular flexibility index (Phi) is 19.7. The minimum atomic E-state index is -4.42. The maximum atomic E-state index is 12.4. The van der Waals surface area contributed by atoms with Gasteiger partial charge in [-0.15, -0.1) is 0 Å². The third-order valence-corrected chi connectivity index (χ3v) is 7.91. The van der Waals surface area contributed by atoms with Crippen molar-refractivity contribution in [3.63, 3.8) is 0 Å². The lowest BCUT2D eigenvalue weighted by molar-refractivity contribution is -0.870. The first-order chi connectivity index (χ1) is 19.0. The Morgan fingerprint density at radius 3 is 2.00 bits per heavy atom. The van der Waals surface area contributed by atoms with Gasteiger partial charge in [-0.25, -0.2) is 0 Å². The Morgan fingerprint density at radius 1 is 0.825 bits per heavy atom. The van der Waals surface area contributed by atoms with Crippen LogP contribution in [0.4, 0.5) is 0 Å². The topological polar surface area (TPSA) is 84.9 Å². The van der Waals surface area contributed by atoms with Crippen LogP contribution in [0.15, 0.2) is 24.3 Å². The van der Waals surface area contributed by atoms with Gasteiger partial charge >= 0.3 is 0 Å². The molecule has 0 saturated heterocycles. The number of rotatable bonds is 26. The fraction of sp³-hybridized carbons (Fsp3) is 0.781. The SMILES string of the molecule is CCCCCCCCCCCCOc1ccc(CC(COP(=O)([O-])OCCC[N+](C)(C)C)CC(=O)CCC)cc1. The van der Waals surface area contributed by atoms with E-state index in [9.17, 15) is 14.3 Å².